The van der Waals surface area contributed by atoms with Gasteiger partial charge in [0.2, 0.25) is 0 Å². The van der Waals surface area contributed by atoms with E-state index < -0.39 is 0 Å². The van der Waals surface area contributed by atoms with E-state index in [0.29, 0.717) is 0 Å². The molecule has 0 aliphatic carbocycles. The molecule has 0 aliphatic heterocycles. The quantitative estimate of drug-likeness (QED) is 0.436. The molecule has 2 nitrogen and oxygen atoms in total. The number of alkyl halides is 1. The van der Waals surface area contributed by atoms with Gasteiger partial charge in [0.15, 0.2) is 0 Å². The highest BCUT2D eigenvalue weighted by atomic mass is 35.5. The molecule has 0 spiro atoms. The van der Waals surface area contributed by atoms with Crippen LogP contribution in [0.4, 0.5) is 0 Å². The molecule has 0 aliphatic rings. The topological polar surface area (TPSA) is 26.3 Å². The van der Waals surface area contributed by atoms with Gasteiger partial charge in [0, 0.05) is 16.3 Å². The predicted molar refractivity (Wildman–Crippen MR) is 84.9 cm³/mol. The monoisotopic (exact) mass is 296 g/mol. The summed E-state index contributed by atoms with van der Waals surface area (Å²) in [4.78, 5) is 0. The predicted octanol–water partition coefficient (Wildman–Crippen LogP) is 5.82. The summed E-state index contributed by atoms with van der Waals surface area (Å²) in [5.41, 5.74) is 3.83. The van der Waals surface area contributed by atoms with Crippen LogP contribution in [0.3, 0.4) is 0 Å². The highest BCUT2D eigenvalue weighted by Crippen LogP contribution is 2.36. The average Bonchev–Trinajstić information content (AvgIpc) is 3.09. The lowest BCUT2D eigenvalue weighted by Gasteiger charge is -2.09. The van der Waals surface area contributed by atoms with Crippen molar-refractivity contribution in [1.82, 2.24) is 0 Å². The van der Waals surface area contributed by atoms with Crippen LogP contribution in [-0.4, -0.2) is 0 Å². The van der Waals surface area contributed by atoms with E-state index in [1.165, 1.54) is 0 Å². The van der Waals surface area contributed by atoms with Gasteiger partial charge in [-0.1, -0.05) is 24.3 Å². The zero-order valence-corrected chi connectivity index (χ0v) is 12.2. The molecule has 2 heterocycles. The van der Waals surface area contributed by atoms with Crippen molar-refractivity contribution in [3.8, 4) is 0 Å². The zero-order chi connectivity index (χ0) is 14.4. The van der Waals surface area contributed by atoms with Crippen molar-refractivity contribution in [2.24, 2.45) is 0 Å². The van der Waals surface area contributed by atoms with E-state index in [4.69, 9.17) is 20.4 Å². The molecule has 2 aromatic heterocycles. The molecule has 21 heavy (non-hydrogen) atoms. The van der Waals surface area contributed by atoms with Gasteiger partial charge in [-0.2, -0.15) is 0 Å². The van der Waals surface area contributed by atoms with Gasteiger partial charge in [-0.3, -0.25) is 0 Å². The standard InChI is InChI=1S/C18H13ClO2/c1-11-13(8-9-20-11)18(19)12-6-7-17-15(10-12)14-4-2-3-5-16(14)21-17/h2-10,18H,1H3. The van der Waals surface area contributed by atoms with Gasteiger partial charge in [0.1, 0.15) is 16.9 Å². The molecule has 0 N–H and O–H groups in total. The summed E-state index contributed by atoms with van der Waals surface area (Å²) in [6.07, 6.45) is 1.67. The Labute approximate surface area is 126 Å². The molecule has 0 bridgehead atoms. The first-order chi connectivity index (χ1) is 10.2. The van der Waals surface area contributed by atoms with Crippen LogP contribution in [0.1, 0.15) is 22.3 Å². The van der Waals surface area contributed by atoms with E-state index >= 15 is 0 Å². The van der Waals surface area contributed by atoms with Gasteiger partial charge in [0.05, 0.1) is 11.6 Å². The Morgan fingerprint density at radius 3 is 2.57 bits per heavy atom. The third-order valence-electron chi connectivity index (χ3n) is 3.87. The number of rotatable bonds is 2. The fourth-order valence-electron chi connectivity index (χ4n) is 2.74. The summed E-state index contributed by atoms with van der Waals surface area (Å²) in [6.45, 7) is 1.93. The summed E-state index contributed by atoms with van der Waals surface area (Å²) < 4.78 is 11.2. The minimum absolute atomic E-state index is 0.221. The van der Waals surface area contributed by atoms with E-state index in [2.05, 4.69) is 12.1 Å². The Morgan fingerprint density at radius 1 is 0.952 bits per heavy atom. The summed E-state index contributed by atoms with van der Waals surface area (Å²) in [6, 6.07) is 16.1. The fraction of sp³-hybridized carbons (Fsp3) is 0.111. The summed E-state index contributed by atoms with van der Waals surface area (Å²) >= 11 is 6.61. The maximum Gasteiger partial charge on any atom is 0.135 e. The lowest BCUT2D eigenvalue weighted by molar-refractivity contribution is 0.530. The highest BCUT2D eigenvalue weighted by molar-refractivity contribution is 6.23. The molecule has 3 heteroatoms. The summed E-state index contributed by atoms with van der Waals surface area (Å²) in [5, 5.41) is 1.99. The van der Waals surface area contributed by atoms with E-state index in [1.54, 1.807) is 6.26 Å². The molecule has 0 saturated heterocycles. The van der Waals surface area contributed by atoms with Crippen molar-refractivity contribution >= 4 is 33.5 Å². The molecule has 0 amide bonds. The highest BCUT2D eigenvalue weighted by Gasteiger charge is 2.17. The van der Waals surface area contributed by atoms with Crippen LogP contribution in [-0.2, 0) is 0 Å². The second-order valence-electron chi connectivity index (χ2n) is 5.15. The van der Waals surface area contributed by atoms with Crippen molar-refractivity contribution in [3.63, 3.8) is 0 Å². The zero-order valence-electron chi connectivity index (χ0n) is 11.5. The second kappa shape index (κ2) is 4.68. The Bertz CT molecular complexity index is 933. The summed E-state index contributed by atoms with van der Waals surface area (Å²) in [7, 11) is 0. The van der Waals surface area contributed by atoms with Crippen molar-refractivity contribution in [1.29, 1.82) is 0 Å². The van der Waals surface area contributed by atoms with Crippen LogP contribution < -0.4 is 0 Å². The number of aryl methyl sites for hydroxylation is 1. The SMILES string of the molecule is Cc1occc1C(Cl)c1ccc2oc3ccccc3c2c1. The van der Waals surface area contributed by atoms with Crippen LogP contribution in [0, 0.1) is 6.92 Å². The molecule has 2 aromatic carbocycles. The molecule has 4 aromatic rings. The van der Waals surface area contributed by atoms with Gasteiger partial charge in [0.25, 0.3) is 0 Å². The smallest absolute Gasteiger partial charge is 0.135 e. The molecule has 1 atom stereocenters. The Kier molecular flexibility index (Phi) is 2.79. The first-order valence-corrected chi connectivity index (χ1v) is 7.27. The Balaban J connectivity index is 1.90. The van der Waals surface area contributed by atoms with Crippen LogP contribution in [0.2, 0.25) is 0 Å². The number of benzene rings is 2. The normalized spacial score (nSPS) is 13.0. The largest absolute Gasteiger partial charge is 0.469 e. The van der Waals surface area contributed by atoms with Gasteiger partial charge in [-0.25, -0.2) is 0 Å². The molecule has 0 radical (unpaired) electrons. The number of hydrogen-bond donors (Lipinski definition) is 0. The molecule has 0 saturated carbocycles. The number of fused-ring (bicyclic) bond motifs is 3. The third-order valence-corrected chi connectivity index (χ3v) is 4.35. The molecule has 104 valence electrons. The second-order valence-corrected chi connectivity index (χ2v) is 5.58. The van der Waals surface area contributed by atoms with E-state index in [9.17, 15) is 0 Å². The maximum atomic E-state index is 6.61. The fourth-order valence-corrected chi connectivity index (χ4v) is 3.10. The number of halogens is 1. The molecular weight excluding hydrogens is 284 g/mol. The number of hydrogen-bond acceptors (Lipinski definition) is 2. The van der Waals surface area contributed by atoms with Crippen LogP contribution >= 0.6 is 11.6 Å². The van der Waals surface area contributed by atoms with E-state index in [0.717, 1.165) is 38.8 Å². The van der Waals surface area contributed by atoms with Gasteiger partial charge >= 0.3 is 0 Å². The maximum absolute atomic E-state index is 6.61. The molecular formula is C18H13ClO2. The Hall–Kier alpha value is -2.19. The van der Waals surface area contributed by atoms with Gasteiger partial charge < -0.3 is 8.83 Å². The van der Waals surface area contributed by atoms with Crippen LogP contribution in [0.15, 0.2) is 63.6 Å². The first-order valence-electron chi connectivity index (χ1n) is 6.83. The molecule has 0 fully saturated rings. The van der Waals surface area contributed by atoms with E-state index in [1.807, 2.05) is 43.3 Å². The molecule has 4 rings (SSSR count). The molecule has 1 unspecified atom stereocenters. The Morgan fingerprint density at radius 2 is 1.76 bits per heavy atom. The minimum Gasteiger partial charge on any atom is -0.469 e. The van der Waals surface area contributed by atoms with Crippen molar-refractivity contribution in [3.05, 3.63) is 71.7 Å². The van der Waals surface area contributed by atoms with E-state index in [-0.39, 0.29) is 5.38 Å². The van der Waals surface area contributed by atoms with Crippen LogP contribution in [0.5, 0.6) is 0 Å². The number of para-hydroxylation sites is 1. The summed E-state index contributed by atoms with van der Waals surface area (Å²) in [5.74, 6) is 0.854. The lowest BCUT2D eigenvalue weighted by atomic mass is 10.0. The van der Waals surface area contributed by atoms with Crippen molar-refractivity contribution in [2.45, 2.75) is 12.3 Å². The first kappa shape index (κ1) is 12.5. The van der Waals surface area contributed by atoms with Gasteiger partial charge in [-0.05, 0) is 36.8 Å². The van der Waals surface area contributed by atoms with Gasteiger partial charge in [-0.15, -0.1) is 11.6 Å². The minimum atomic E-state index is -0.221. The van der Waals surface area contributed by atoms with Crippen LogP contribution in [0.25, 0.3) is 21.9 Å². The third kappa shape index (κ3) is 1.95. The lowest BCUT2D eigenvalue weighted by Crippen LogP contribution is -1.93. The van der Waals surface area contributed by atoms with Crippen molar-refractivity contribution in [2.75, 3.05) is 0 Å². The van der Waals surface area contributed by atoms with Crippen molar-refractivity contribution < 1.29 is 8.83 Å². The average molecular weight is 297 g/mol. The number of furan rings is 2.